The number of rotatable bonds is 4. The molecular weight excluding hydrogens is 240 g/mol. The third kappa shape index (κ3) is 2.21. The van der Waals surface area contributed by atoms with E-state index in [2.05, 4.69) is 9.68 Å². The first-order valence-corrected chi connectivity index (χ1v) is 5.67. The normalized spacial score (nSPS) is 22.9. The number of likely N-dealkylation sites (N-methyl/N-ethyl adjacent to an activating group) is 1. The molecule has 1 amide bonds. The summed E-state index contributed by atoms with van der Waals surface area (Å²) >= 11 is 0. The molecule has 2 unspecified atom stereocenters. The lowest BCUT2D eigenvalue weighted by atomic mass is 10.0. The van der Waals surface area contributed by atoms with E-state index in [4.69, 9.17) is 9.84 Å². The molecule has 98 valence electrons. The minimum atomic E-state index is -0.955. The highest BCUT2D eigenvalue weighted by molar-refractivity contribution is 5.92. The summed E-state index contributed by atoms with van der Waals surface area (Å²) < 4.78 is 9.78. The number of aromatic nitrogens is 1. The molecule has 18 heavy (non-hydrogen) atoms. The summed E-state index contributed by atoms with van der Waals surface area (Å²) in [6, 6.07) is 0.994. The van der Waals surface area contributed by atoms with Gasteiger partial charge in [0.1, 0.15) is 12.2 Å². The number of carbonyl (C=O) groups excluding carboxylic acids is 1. The predicted octanol–water partition coefficient (Wildman–Crippen LogP) is 0.236. The van der Waals surface area contributed by atoms with E-state index < -0.39 is 17.9 Å². The van der Waals surface area contributed by atoms with Crippen LogP contribution in [0.4, 0.5) is 0 Å². The van der Waals surface area contributed by atoms with E-state index in [-0.39, 0.29) is 24.8 Å². The highest BCUT2D eigenvalue weighted by atomic mass is 16.5. The van der Waals surface area contributed by atoms with Gasteiger partial charge >= 0.3 is 5.97 Å². The Morgan fingerprint density at radius 2 is 2.33 bits per heavy atom. The molecule has 0 radical (unpaired) electrons. The Morgan fingerprint density at radius 3 is 2.89 bits per heavy atom. The van der Waals surface area contributed by atoms with Crippen LogP contribution in [-0.4, -0.2) is 52.8 Å². The summed E-state index contributed by atoms with van der Waals surface area (Å²) in [4.78, 5) is 24.7. The number of amides is 1. The fourth-order valence-corrected chi connectivity index (χ4v) is 2.08. The molecule has 0 aliphatic carbocycles. The third-order valence-electron chi connectivity index (χ3n) is 3.03. The molecule has 2 atom stereocenters. The lowest BCUT2D eigenvalue weighted by Crippen LogP contribution is -2.46. The largest absolute Gasteiger partial charge is 0.481 e. The van der Waals surface area contributed by atoms with Crippen LogP contribution in [0.3, 0.4) is 0 Å². The number of hydrogen-bond acceptors (Lipinski definition) is 5. The van der Waals surface area contributed by atoms with Gasteiger partial charge in [-0.15, -0.1) is 0 Å². The Morgan fingerprint density at radius 1 is 1.56 bits per heavy atom. The fraction of sp³-hybridized carbons (Fsp3) is 0.545. The van der Waals surface area contributed by atoms with E-state index in [1.807, 2.05) is 0 Å². The number of carboxylic acids is 1. The third-order valence-corrected chi connectivity index (χ3v) is 3.03. The zero-order valence-corrected chi connectivity index (χ0v) is 9.91. The monoisotopic (exact) mass is 254 g/mol. The van der Waals surface area contributed by atoms with E-state index in [0.717, 1.165) is 0 Å². The summed E-state index contributed by atoms with van der Waals surface area (Å²) in [6.07, 6.45) is 1.31. The first-order valence-electron chi connectivity index (χ1n) is 5.67. The molecular formula is C11H14N2O5. The van der Waals surface area contributed by atoms with Gasteiger partial charge in [0, 0.05) is 12.6 Å². The topological polar surface area (TPSA) is 92.9 Å². The Kier molecular flexibility index (Phi) is 3.61. The summed E-state index contributed by atoms with van der Waals surface area (Å²) in [7, 11) is 0. The predicted molar refractivity (Wildman–Crippen MR) is 58.9 cm³/mol. The van der Waals surface area contributed by atoms with E-state index in [1.54, 1.807) is 6.92 Å². The SMILES string of the molecule is CCN(C(=O)c1ccon1)C1COCC1C(=O)O. The van der Waals surface area contributed by atoms with Crippen molar-refractivity contribution in [3.63, 3.8) is 0 Å². The fourth-order valence-electron chi connectivity index (χ4n) is 2.08. The van der Waals surface area contributed by atoms with E-state index >= 15 is 0 Å². The molecule has 1 aliphatic rings. The molecule has 2 heterocycles. The first kappa shape index (κ1) is 12.6. The van der Waals surface area contributed by atoms with Gasteiger partial charge in [0.05, 0.1) is 19.3 Å². The molecule has 2 rings (SSSR count). The highest BCUT2D eigenvalue weighted by Crippen LogP contribution is 2.21. The molecule has 1 saturated heterocycles. The maximum atomic E-state index is 12.1. The van der Waals surface area contributed by atoms with E-state index in [0.29, 0.717) is 6.54 Å². The second kappa shape index (κ2) is 5.18. The average Bonchev–Trinajstić information content (AvgIpc) is 3.00. The van der Waals surface area contributed by atoms with E-state index in [9.17, 15) is 9.59 Å². The minimum absolute atomic E-state index is 0.128. The molecule has 1 aromatic rings. The Labute approximate surface area is 103 Å². The van der Waals surface area contributed by atoms with Gasteiger partial charge in [-0.25, -0.2) is 0 Å². The van der Waals surface area contributed by atoms with Crippen LogP contribution in [0.1, 0.15) is 17.4 Å². The smallest absolute Gasteiger partial charge is 0.311 e. The lowest BCUT2D eigenvalue weighted by Gasteiger charge is -2.28. The van der Waals surface area contributed by atoms with Gasteiger partial charge in [0.25, 0.3) is 5.91 Å². The van der Waals surface area contributed by atoms with Crippen molar-refractivity contribution in [2.45, 2.75) is 13.0 Å². The maximum Gasteiger partial charge on any atom is 0.311 e. The Hall–Kier alpha value is -1.89. The van der Waals surface area contributed by atoms with Crippen LogP contribution in [-0.2, 0) is 9.53 Å². The van der Waals surface area contributed by atoms with Crippen LogP contribution < -0.4 is 0 Å². The number of ether oxygens (including phenoxy) is 1. The van der Waals surface area contributed by atoms with Gasteiger partial charge in [0.15, 0.2) is 5.69 Å². The zero-order chi connectivity index (χ0) is 13.1. The molecule has 7 nitrogen and oxygen atoms in total. The van der Waals surface area contributed by atoms with Crippen molar-refractivity contribution < 1.29 is 24.0 Å². The second-order valence-corrected chi connectivity index (χ2v) is 4.03. The standard InChI is InChI=1S/C11H14N2O5/c1-2-13(10(14)8-3-4-18-12-8)9-6-17-5-7(9)11(15)16/h3-4,7,9H,2,5-6H2,1H3,(H,15,16). The van der Waals surface area contributed by atoms with Gasteiger partial charge in [-0.05, 0) is 6.92 Å². The molecule has 7 heteroatoms. The number of carbonyl (C=O) groups is 2. The van der Waals surface area contributed by atoms with Crippen LogP contribution in [0, 0.1) is 5.92 Å². The number of nitrogens with zero attached hydrogens (tertiary/aromatic N) is 2. The minimum Gasteiger partial charge on any atom is -0.481 e. The number of hydrogen-bond donors (Lipinski definition) is 1. The summed E-state index contributed by atoms with van der Waals surface area (Å²) in [6.45, 7) is 2.54. The first-order chi connectivity index (χ1) is 8.65. The maximum absolute atomic E-state index is 12.1. The Balaban J connectivity index is 2.18. The molecule has 1 aromatic heterocycles. The summed E-state index contributed by atoms with van der Waals surface area (Å²) in [5.74, 6) is -1.99. The van der Waals surface area contributed by atoms with Gasteiger partial charge in [0.2, 0.25) is 0 Å². The van der Waals surface area contributed by atoms with Crippen molar-refractivity contribution in [3.8, 4) is 0 Å². The van der Waals surface area contributed by atoms with Crippen LogP contribution in [0.2, 0.25) is 0 Å². The van der Waals surface area contributed by atoms with E-state index in [1.165, 1.54) is 17.2 Å². The van der Waals surface area contributed by atoms with Crippen molar-refractivity contribution >= 4 is 11.9 Å². The summed E-state index contributed by atoms with van der Waals surface area (Å²) in [5.41, 5.74) is 0.174. The van der Waals surface area contributed by atoms with Crippen LogP contribution in [0.15, 0.2) is 16.9 Å². The van der Waals surface area contributed by atoms with Gasteiger partial charge < -0.3 is 19.3 Å². The quantitative estimate of drug-likeness (QED) is 0.827. The van der Waals surface area contributed by atoms with Crippen molar-refractivity contribution in [1.29, 1.82) is 0 Å². The van der Waals surface area contributed by atoms with Gasteiger partial charge in [-0.1, -0.05) is 5.16 Å². The summed E-state index contributed by atoms with van der Waals surface area (Å²) in [5, 5.41) is 12.7. The van der Waals surface area contributed by atoms with Crippen molar-refractivity contribution in [1.82, 2.24) is 10.1 Å². The number of carboxylic acid groups (broad SMARTS) is 1. The number of aliphatic carboxylic acids is 1. The molecule has 0 saturated carbocycles. The zero-order valence-electron chi connectivity index (χ0n) is 9.91. The molecule has 1 N–H and O–H groups in total. The molecule has 1 aliphatic heterocycles. The van der Waals surface area contributed by atoms with Crippen molar-refractivity contribution in [3.05, 3.63) is 18.0 Å². The highest BCUT2D eigenvalue weighted by Gasteiger charge is 2.40. The lowest BCUT2D eigenvalue weighted by molar-refractivity contribution is -0.142. The Bertz CT molecular complexity index is 431. The van der Waals surface area contributed by atoms with Gasteiger partial charge in [-0.2, -0.15) is 0 Å². The van der Waals surface area contributed by atoms with Crippen LogP contribution in [0.25, 0.3) is 0 Å². The van der Waals surface area contributed by atoms with Crippen molar-refractivity contribution in [2.24, 2.45) is 5.92 Å². The second-order valence-electron chi connectivity index (χ2n) is 4.03. The van der Waals surface area contributed by atoms with Gasteiger partial charge in [-0.3, -0.25) is 9.59 Å². The molecule has 1 fully saturated rings. The van der Waals surface area contributed by atoms with Crippen molar-refractivity contribution in [2.75, 3.05) is 19.8 Å². The van der Waals surface area contributed by atoms with Crippen LogP contribution in [0.5, 0.6) is 0 Å². The molecule has 0 aromatic carbocycles. The van der Waals surface area contributed by atoms with Crippen LogP contribution >= 0.6 is 0 Å². The average molecular weight is 254 g/mol. The molecule has 0 spiro atoms. The molecule has 0 bridgehead atoms.